The van der Waals surface area contributed by atoms with E-state index >= 15 is 0 Å². The van der Waals surface area contributed by atoms with Crippen LogP contribution in [-0.4, -0.2) is 9.97 Å². The monoisotopic (exact) mass is 716 g/mol. The minimum Gasteiger partial charge on any atom is -0.228 e. The standard InChI is InChI=1S/C54H40N2/c1-53(2)44-23-13-12-21-41(44)51-40-20-11-10-19-39(40)42(31-47(51)53)49-32-48(55-52(56-49)35-15-6-5-7-16-35)34-27-25-33(26-28-34)38-22-14-24-45-50(38)43-29-36-17-8-9-18-37(36)30-46(43)54(45,3)4/h5-32H,1-4H3. The lowest BCUT2D eigenvalue weighted by Gasteiger charge is -2.23. The Kier molecular flexibility index (Phi) is 6.98. The van der Waals surface area contributed by atoms with Crippen molar-refractivity contribution in [2.24, 2.45) is 0 Å². The number of hydrogen-bond acceptors (Lipinski definition) is 2. The summed E-state index contributed by atoms with van der Waals surface area (Å²) in [6.07, 6.45) is 0. The van der Waals surface area contributed by atoms with Gasteiger partial charge in [0, 0.05) is 27.5 Å². The van der Waals surface area contributed by atoms with Crippen LogP contribution in [0, 0.1) is 0 Å². The van der Waals surface area contributed by atoms with Crippen molar-refractivity contribution in [1.29, 1.82) is 0 Å². The Labute approximate surface area is 328 Å². The summed E-state index contributed by atoms with van der Waals surface area (Å²) in [7, 11) is 0. The summed E-state index contributed by atoms with van der Waals surface area (Å²) in [5, 5.41) is 5.03. The van der Waals surface area contributed by atoms with Gasteiger partial charge in [-0.3, -0.25) is 0 Å². The molecule has 0 aliphatic heterocycles. The van der Waals surface area contributed by atoms with E-state index in [1.165, 1.54) is 77.2 Å². The van der Waals surface area contributed by atoms with E-state index in [1.807, 2.05) is 6.07 Å². The molecule has 0 radical (unpaired) electrons. The molecule has 0 fully saturated rings. The van der Waals surface area contributed by atoms with Gasteiger partial charge in [0.15, 0.2) is 5.82 Å². The Hall–Kier alpha value is -6.64. The molecule has 8 aromatic carbocycles. The fourth-order valence-corrected chi connectivity index (χ4v) is 9.74. The molecule has 9 aromatic rings. The smallest absolute Gasteiger partial charge is 0.160 e. The summed E-state index contributed by atoms with van der Waals surface area (Å²) in [5.41, 5.74) is 18.1. The highest BCUT2D eigenvalue weighted by Crippen LogP contribution is 2.54. The molecule has 11 rings (SSSR count). The lowest BCUT2D eigenvalue weighted by atomic mass is 9.81. The fourth-order valence-electron chi connectivity index (χ4n) is 9.74. The van der Waals surface area contributed by atoms with Crippen LogP contribution in [0.3, 0.4) is 0 Å². The third-order valence-electron chi connectivity index (χ3n) is 12.7. The second-order valence-electron chi connectivity index (χ2n) is 16.6. The molecule has 0 amide bonds. The van der Waals surface area contributed by atoms with Crippen molar-refractivity contribution in [3.8, 4) is 67.3 Å². The van der Waals surface area contributed by atoms with Crippen LogP contribution in [-0.2, 0) is 10.8 Å². The van der Waals surface area contributed by atoms with Gasteiger partial charge < -0.3 is 0 Å². The number of fused-ring (bicyclic) bond motifs is 9. The summed E-state index contributed by atoms with van der Waals surface area (Å²) in [4.78, 5) is 10.6. The molecule has 2 nitrogen and oxygen atoms in total. The third-order valence-corrected chi connectivity index (χ3v) is 12.7. The summed E-state index contributed by atoms with van der Waals surface area (Å²) in [5.74, 6) is 0.723. The first-order chi connectivity index (χ1) is 27.3. The number of benzene rings is 8. The van der Waals surface area contributed by atoms with Crippen LogP contribution in [0.25, 0.3) is 88.8 Å². The SMILES string of the molecule is CC1(C)c2cc3ccccc3cc2-c2c(-c3ccc(-c4cc(-c5cc6c(c7ccccc57)-c5ccccc5C6(C)C)nc(-c5ccccc5)n4)cc3)cccc21. The second kappa shape index (κ2) is 11.9. The molecule has 0 bridgehead atoms. The quantitative estimate of drug-likeness (QED) is 0.181. The van der Waals surface area contributed by atoms with Crippen LogP contribution in [0.5, 0.6) is 0 Å². The van der Waals surface area contributed by atoms with E-state index in [0.29, 0.717) is 0 Å². The first-order valence-electron chi connectivity index (χ1n) is 19.7. The molecular formula is C54H40N2. The van der Waals surface area contributed by atoms with E-state index in [4.69, 9.17) is 9.97 Å². The van der Waals surface area contributed by atoms with Crippen molar-refractivity contribution in [2.45, 2.75) is 38.5 Å². The van der Waals surface area contributed by atoms with E-state index in [0.717, 1.165) is 33.9 Å². The first kappa shape index (κ1) is 32.8. The average Bonchev–Trinajstić information content (AvgIpc) is 3.62. The topological polar surface area (TPSA) is 25.8 Å². The molecule has 1 heterocycles. The zero-order chi connectivity index (χ0) is 37.8. The van der Waals surface area contributed by atoms with Crippen LogP contribution in [0.4, 0.5) is 0 Å². The highest BCUT2D eigenvalue weighted by atomic mass is 14.9. The van der Waals surface area contributed by atoms with Crippen LogP contribution in [0.1, 0.15) is 49.9 Å². The maximum atomic E-state index is 5.32. The van der Waals surface area contributed by atoms with Crippen LogP contribution in [0.2, 0.25) is 0 Å². The minimum atomic E-state index is -0.140. The first-order valence-corrected chi connectivity index (χ1v) is 19.7. The third kappa shape index (κ3) is 4.75. The van der Waals surface area contributed by atoms with Crippen molar-refractivity contribution in [3.63, 3.8) is 0 Å². The molecule has 0 saturated heterocycles. The molecule has 266 valence electrons. The van der Waals surface area contributed by atoms with Gasteiger partial charge in [-0.05, 0) is 101 Å². The van der Waals surface area contributed by atoms with Crippen molar-refractivity contribution >= 4 is 21.5 Å². The number of nitrogens with zero attached hydrogens (tertiary/aromatic N) is 2. The lowest BCUT2D eigenvalue weighted by molar-refractivity contribution is 0.661. The van der Waals surface area contributed by atoms with Crippen LogP contribution >= 0.6 is 0 Å². The molecule has 0 N–H and O–H groups in total. The van der Waals surface area contributed by atoms with Gasteiger partial charge in [0.1, 0.15) is 0 Å². The zero-order valence-corrected chi connectivity index (χ0v) is 32.1. The molecule has 0 spiro atoms. The zero-order valence-electron chi connectivity index (χ0n) is 32.1. The number of aromatic nitrogens is 2. The molecule has 0 atom stereocenters. The highest BCUT2D eigenvalue weighted by Gasteiger charge is 2.38. The van der Waals surface area contributed by atoms with Crippen molar-refractivity contribution < 1.29 is 0 Å². The van der Waals surface area contributed by atoms with Crippen LogP contribution in [0.15, 0.2) is 170 Å². The summed E-state index contributed by atoms with van der Waals surface area (Å²) in [6.45, 7) is 9.42. The van der Waals surface area contributed by atoms with Crippen molar-refractivity contribution in [1.82, 2.24) is 9.97 Å². The fraction of sp³-hybridized carbons (Fsp3) is 0.111. The molecular weight excluding hydrogens is 677 g/mol. The van der Waals surface area contributed by atoms with Gasteiger partial charge in [-0.15, -0.1) is 0 Å². The van der Waals surface area contributed by atoms with E-state index in [2.05, 4.69) is 191 Å². The minimum absolute atomic E-state index is 0.0877. The maximum absolute atomic E-state index is 5.32. The molecule has 2 aliphatic carbocycles. The summed E-state index contributed by atoms with van der Waals surface area (Å²) < 4.78 is 0. The molecule has 1 aromatic heterocycles. The van der Waals surface area contributed by atoms with E-state index in [-0.39, 0.29) is 10.8 Å². The van der Waals surface area contributed by atoms with E-state index in [1.54, 1.807) is 0 Å². The van der Waals surface area contributed by atoms with Gasteiger partial charge in [-0.1, -0.05) is 173 Å². The van der Waals surface area contributed by atoms with Gasteiger partial charge in [0.2, 0.25) is 0 Å². The Morgan fingerprint density at radius 1 is 0.339 bits per heavy atom. The maximum Gasteiger partial charge on any atom is 0.160 e. The van der Waals surface area contributed by atoms with Gasteiger partial charge in [0.05, 0.1) is 11.4 Å². The molecule has 2 aliphatic rings. The predicted octanol–water partition coefficient (Wildman–Crippen LogP) is 14.1. The van der Waals surface area contributed by atoms with Gasteiger partial charge in [0.25, 0.3) is 0 Å². The number of hydrogen-bond donors (Lipinski definition) is 0. The largest absolute Gasteiger partial charge is 0.228 e. The van der Waals surface area contributed by atoms with Gasteiger partial charge in [-0.2, -0.15) is 0 Å². The highest BCUT2D eigenvalue weighted by molar-refractivity contribution is 6.09. The average molecular weight is 717 g/mol. The molecule has 2 heteroatoms. The Bertz CT molecular complexity index is 3060. The molecule has 0 saturated carbocycles. The van der Waals surface area contributed by atoms with E-state index in [9.17, 15) is 0 Å². The lowest BCUT2D eigenvalue weighted by Crippen LogP contribution is -2.15. The number of rotatable bonds is 4. The normalized spacial score (nSPS) is 14.4. The van der Waals surface area contributed by atoms with Crippen molar-refractivity contribution in [2.75, 3.05) is 0 Å². The Morgan fingerprint density at radius 2 is 0.946 bits per heavy atom. The summed E-state index contributed by atoms with van der Waals surface area (Å²) >= 11 is 0. The Morgan fingerprint density at radius 3 is 1.75 bits per heavy atom. The van der Waals surface area contributed by atoms with Gasteiger partial charge in [-0.25, -0.2) is 9.97 Å². The van der Waals surface area contributed by atoms with Crippen molar-refractivity contribution in [3.05, 3.63) is 192 Å². The second-order valence-corrected chi connectivity index (χ2v) is 16.6. The molecule has 56 heavy (non-hydrogen) atoms. The molecule has 0 unspecified atom stereocenters. The summed E-state index contributed by atoms with van der Waals surface area (Å²) in [6, 6.07) is 62.0. The predicted molar refractivity (Wildman–Crippen MR) is 234 cm³/mol. The Balaban J connectivity index is 1.07. The van der Waals surface area contributed by atoms with Crippen LogP contribution < -0.4 is 0 Å². The van der Waals surface area contributed by atoms with Gasteiger partial charge >= 0.3 is 0 Å². The van der Waals surface area contributed by atoms with E-state index < -0.39 is 0 Å².